The average molecular weight is 342 g/mol. The second-order valence-electron chi connectivity index (χ2n) is 6.14. The number of aromatic nitrogens is 1. The molecule has 1 aromatic carbocycles. The van der Waals surface area contributed by atoms with E-state index < -0.39 is 0 Å². The van der Waals surface area contributed by atoms with Crippen LogP contribution in [-0.2, 0) is 6.54 Å². The van der Waals surface area contributed by atoms with Crippen molar-refractivity contribution in [1.82, 2.24) is 9.88 Å². The summed E-state index contributed by atoms with van der Waals surface area (Å²) in [7, 11) is 3.35. The first-order chi connectivity index (χ1) is 12.2. The Balaban J connectivity index is 1.60. The molecule has 0 atom stereocenters. The fourth-order valence-electron chi connectivity index (χ4n) is 3.16. The Labute approximate surface area is 148 Å². The lowest BCUT2D eigenvalue weighted by molar-refractivity contribution is -0.917. The van der Waals surface area contributed by atoms with Crippen LogP contribution in [0.4, 0.5) is 0 Å². The van der Waals surface area contributed by atoms with Crippen molar-refractivity contribution in [2.24, 2.45) is 0 Å². The minimum atomic E-state index is 0.0612. The summed E-state index contributed by atoms with van der Waals surface area (Å²) >= 11 is 0. The summed E-state index contributed by atoms with van der Waals surface area (Å²) in [6.45, 7) is 4.17. The van der Waals surface area contributed by atoms with Crippen LogP contribution < -0.4 is 14.4 Å². The lowest BCUT2D eigenvalue weighted by Crippen LogP contribution is -3.13. The number of nitrogens with zero attached hydrogens (tertiary/aromatic N) is 2. The summed E-state index contributed by atoms with van der Waals surface area (Å²) < 4.78 is 10.8. The molecule has 1 N–H and O–H groups in total. The number of carbonyl (C=O) groups is 1. The molecule has 1 saturated heterocycles. The minimum absolute atomic E-state index is 0.0612. The van der Waals surface area contributed by atoms with Crippen LogP contribution in [0.3, 0.4) is 0 Å². The van der Waals surface area contributed by atoms with Crippen molar-refractivity contribution in [3.8, 4) is 11.5 Å². The number of nitrogens with one attached hydrogen (secondary N) is 1. The van der Waals surface area contributed by atoms with Crippen LogP contribution in [0.1, 0.15) is 15.9 Å². The van der Waals surface area contributed by atoms with Crippen LogP contribution in [0.25, 0.3) is 0 Å². The van der Waals surface area contributed by atoms with Crippen LogP contribution in [0.2, 0.25) is 0 Å². The third kappa shape index (κ3) is 4.09. The summed E-state index contributed by atoms with van der Waals surface area (Å²) in [6.07, 6.45) is 3.31. The first-order valence-electron chi connectivity index (χ1n) is 8.45. The monoisotopic (exact) mass is 342 g/mol. The van der Waals surface area contributed by atoms with Crippen molar-refractivity contribution in [2.45, 2.75) is 6.54 Å². The van der Waals surface area contributed by atoms with E-state index in [0.717, 1.165) is 49.8 Å². The van der Waals surface area contributed by atoms with Crippen LogP contribution >= 0.6 is 0 Å². The number of rotatable bonds is 5. The Morgan fingerprint density at radius 2 is 2.00 bits per heavy atom. The zero-order valence-corrected chi connectivity index (χ0v) is 14.7. The molecule has 132 valence electrons. The average Bonchev–Trinajstić information content (AvgIpc) is 2.68. The zero-order valence-electron chi connectivity index (χ0n) is 14.7. The Kier molecular flexibility index (Phi) is 5.50. The lowest BCUT2D eigenvalue weighted by atomic mass is 10.1. The van der Waals surface area contributed by atoms with Crippen LogP contribution in [0.5, 0.6) is 11.5 Å². The lowest BCUT2D eigenvalue weighted by Gasteiger charge is -2.32. The first-order valence-corrected chi connectivity index (χ1v) is 8.45. The summed E-state index contributed by atoms with van der Waals surface area (Å²) in [6, 6.07) is 9.48. The number of hydrogen-bond acceptors (Lipinski definition) is 4. The highest BCUT2D eigenvalue weighted by Crippen LogP contribution is 2.23. The molecule has 0 bridgehead atoms. The van der Waals surface area contributed by atoms with E-state index in [2.05, 4.69) is 4.98 Å². The van der Waals surface area contributed by atoms with Crippen molar-refractivity contribution >= 4 is 5.91 Å². The molecule has 6 nitrogen and oxygen atoms in total. The van der Waals surface area contributed by atoms with E-state index in [1.807, 2.05) is 29.2 Å². The predicted octanol–water partition coefficient (Wildman–Crippen LogP) is 0.640. The van der Waals surface area contributed by atoms with Crippen molar-refractivity contribution < 1.29 is 19.2 Å². The van der Waals surface area contributed by atoms with Gasteiger partial charge in [0.25, 0.3) is 5.91 Å². The molecule has 1 aliphatic rings. The van der Waals surface area contributed by atoms with Crippen LogP contribution in [0.15, 0.2) is 42.7 Å². The molecular weight excluding hydrogens is 318 g/mol. The van der Waals surface area contributed by atoms with E-state index in [9.17, 15) is 4.79 Å². The molecule has 3 rings (SSSR count). The molecule has 6 heteroatoms. The summed E-state index contributed by atoms with van der Waals surface area (Å²) in [5, 5.41) is 0. The van der Waals surface area contributed by atoms with Gasteiger partial charge >= 0.3 is 0 Å². The van der Waals surface area contributed by atoms with Crippen LogP contribution in [0, 0.1) is 0 Å². The van der Waals surface area contributed by atoms with Gasteiger partial charge in [0.15, 0.2) is 0 Å². The Morgan fingerprint density at radius 3 is 2.64 bits per heavy atom. The fraction of sp³-hybridized carbons (Fsp3) is 0.368. The van der Waals surface area contributed by atoms with E-state index in [4.69, 9.17) is 9.47 Å². The smallest absolute Gasteiger partial charge is 0.255 e. The summed E-state index contributed by atoms with van der Waals surface area (Å²) in [5.41, 5.74) is 1.78. The first kappa shape index (κ1) is 17.2. The number of carbonyl (C=O) groups excluding carboxylic acids is 1. The number of amides is 1. The third-order valence-electron chi connectivity index (χ3n) is 4.59. The Hall–Kier alpha value is -2.60. The highest BCUT2D eigenvalue weighted by molar-refractivity contribution is 5.93. The largest absolute Gasteiger partial charge is 0.497 e. The van der Waals surface area contributed by atoms with E-state index in [1.54, 1.807) is 32.7 Å². The molecule has 0 spiro atoms. The van der Waals surface area contributed by atoms with Crippen molar-refractivity contribution in [1.29, 1.82) is 0 Å². The number of ether oxygens (including phenoxy) is 2. The second-order valence-corrected chi connectivity index (χ2v) is 6.14. The Bertz CT molecular complexity index is 713. The van der Waals surface area contributed by atoms with Gasteiger partial charge in [0, 0.05) is 12.4 Å². The second kappa shape index (κ2) is 7.98. The van der Waals surface area contributed by atoms with Gasteiger partial charge in [-0.05, 0) is 30.3 Å². The number of pyridine rings is 1. The molecule has 1 fully saturated rings. The molecule has 0 unspecified atom stereocenters. The third-order valence-corrected chi connectivity index (χ3v) is 4.59. The molecule has 1 aromatic heterocycles. The summed E-state index contributed by atoms with van der Waals surface area (Å²) in [5.74, 6) is 1.77. The maximum absolute atomic E-state index is 12.5. The van der Waals surface area contributed by atoms with Crippen molar-refractivity contribution in [2.75, 3.05) is 40.4 Å². The van der Waals surface area contributed by atoms with Crippen LogP contribution in [-0.4, -0.2) is 56.2 Å². The highest BCUT2D eigenvalue weighted by atomic mass is 16.5. The van der Waals surface area contributed by atoms with Crippen molar-refractivity contribution in [3.63, 3.8) is 0 Å². The van der Waals surface area contributed by atoms with Gasteiger partial charge in [0.2, 0.25) is 0 Å². The molecule has 2 aromatic rings. The number of methoxy groups -OCH3 is 2. The fourth-order valence-corrected chi connectivity index (χ4v) is 3.16. The van der Waals surface area contributed by atoms with Gasteiger partial charge in [0.05, 0.1) is 51.5 Å². The normalized spacial score (nSPS) is 15.0. The van der Waals surface area contributed by atoms with Gasteiger partial charge in [-0.2, -0.15) is 0 Å². The Morgan fingerprint density at radius 1 is 1.20 bits per heavy atom. The van der Waals surface area contributed by atoms with E-state index in [-0.39, 0.29) is 5.91 Å². The van der Waals surface area contributed by atoms with Crippen molar-refractivity contribution in [3.05, 3.63) is 53.9 Å². The number of hydrogen-bond donors (Lipinski definition) is 1. The zero-order chi connectivity index (χ0) is 17.6. The molecular formula is C19H24N3O3+. The molecule has 1 amide bonds. The van der Waals surface area contributed by atoms with E-state index in [0.29, 0.717) is 5.56 Å². The van der Waals surface area contributed by atoms with Gasteiger partial charge in [-0.1, -0.05) is 0 Å². The van der Waals surface area contributed by atoms with E-state index in [1.165, 1.54) is 4.90 Å². The minimum Gasteiger partial charge on any atom is -0.497 e. The van der Waals surface area contributed by atoms with Gasteiger partial charge in [-0.3, -0.25) is 9.78 Å². The molecule has 0 aliphatic carbocycles. The van der Waals surface area contributed by atoms with Gasteiger partial charge < -0.3 is 19.3 Å². The number of benzene rings is 1. The molecule has 25 heavy (non-hydrogen) atoms. The predicted molar refractivity (Wildman–Crippen MR) is 94.1 cm³/mol. The highest BCUT2D eigenvalue weighted by Gasteiger charge is 2.25. The summed E-state index contributed by atoms with van der Waals surface area (Å²) in [4.78, 5) is 19.9. The number of quaternary nitrogens is 1. The van der Waals surface area contributed by atoms with Gasteiger partial charge in [0.1, 0.15) is 18.0 Å². The number of piperazine rings is 1. The molecule has 0 radical (unpaired) electrons. The maximum Gasteiger partial charge on any atom is 0.255 e. The van der Waals surface area contributed by atoms with Gasteiger partial charge in [-0.25, -0.2) is 0 Å². The van der Waals surface area contributed by atoms with E-state index >= 15 is 0 Å². The topological polar surface area (TPSA) is 56.1 Å². The quantitative estimate of drug-likeness (QED) is 0.866. The van der Waals surface area contributed by atoms with Gasteiger partial charge in [-0.15, -0.1) is 0 Å². The SMILES string of the molecule is COc1ccc(OC)c(C[NH+]2CCN(C(=O)c3cccnc3)CC2)c1. The molecule has 1 aliphatic heterocycles. The maximum atomic E-state index is 12.5. The molecule has 2 heterocycles. The molecule has 0 saturated carbocycles. The standard InChI is InChI=1S/C19H23N3O3/c1-24-17-5-6-18(25-2)16(12-17)14-21-8-10-22(11-9-21)19(23)15-4-3-7-20-13-15/h3-7,12-13H,8-11,14H2,1-2H3/p+1.